The summed E-state index contributed by atoms with van der Waals surface area (Å²) in [6.07, 6.45) is 11.3. The van der Waals surface area contributed by atoms with Crippen molar-refractivity contribution in [2.24, 2.45) is 0 Å². The van der Waals surface area contributed by atoms with Gasteiger partial charge in [-0.15, -0.1) is 0 Å². The molecule has 4 rings (SSSR count). The lowest BCUT2D eigenvalue weighted by molar-refractivity contribution is -0.122. The van der Waals surface area contributed by atoms with Crippen LogP contribution in [0, 0.1) is 0 Å². The van der Waals surface area contributed by atoms with E-state index in [1.54, 1.807) is 0 Å². The van der Waals surface area contributed by atoms with E-state index in [9.17, 15) is 4.79 Å². The van der Waals surface area contributed by atoms with Gasteiger partial charge in [0.15, 0.2) is 0 Å². The first-order valence-electron chi connectivity index (χ1n) is 11.1. The Hall–Kier alpha value is -1.81. The standard InChI is InChI=1S/C24H35N3O/c1-17(2)27-16-19-15-21(14-18-8-7-11-22(27)24(18)19)26(3)13-12-23(28)25-20-9-5-4-6-10-20/h7-8,11,16-17,20-21H,4-6,9-10,12-15H2,1-3H3,(H,25,28)/t21-/m0/s1. The Morgan fingerprint density at radius 3 is 2.68 bits per heavy atom. The van der Waals surface area contributed by atoms with Crippen LogP contribution in [0.5, 0.6) is 0 Å². The number of benzene rings is 1. The number of carbonyl (C=O) groups is 1. The van der Waals surface area contributed by atoms with E-state index in [0.717, 1.165) is 32.2 Å². The predicted octanol–water partition coefficient (Wildman–Crippen LogP) is 4.46. The highest BCUT2D eigenvalue weighted by molar-refractivity contribution is 5.88. The number of carbonyl (C=O) groups excluding carboxylic acids is 1. The highest BCUT2D eigenvalue weighted by Gasteiger charge is 2.26. The molecule has 4 heteroatoms. The first kappa shape index (κ1) is 19.5. The third kappa shape index (κ3) is 3.98. The minimum absolute atomic E-state index is 0.225. The van der Waals surface area contributed by atoms with E-state index >= 15 is 0 Å². The predicted molar refractivity (Wildman–Crippen MR) is 116 cm³/mol. The molecule has 4 nitrogen and oxygen atoms in total. The monoisotopic (exact) mass is 381 g/mol. The summed E-state index contributed by atoms with van der Waals surface area (Å²) >= 11 is 0. The van der Waals surface area contributed by atoms with Gasteiger partial charge in [-0.05, 0) is 63.8 Å². The average molecular weight is 382 g/mol. The van der Waals surface area contributed by atoms with Crippen LogP contribution in [-0.4, -0.2) is 41.1 Å². The van der Waals surface area contributed by atoms with Crippen molar-refractivity contribution < 1.29 is 4.79 Å². The summed E-state index contributed by atoms with van der Waals surface area (Å²) in [6, 6.07) is 8.10. The molecule has 1 N–H and O–H groups in total. The molecule has 0 spiro atoms. The van der Waals surface area contributed by atoms with Gasteiger partial charge in [0, 0.05) is 48.2 Å². The van der Waals surface area contributed by atoms with Gasteiger partial charge in [0.05, 0.1) is 0 Å². The van der Waals surface area contributed by atoms with Crippen LogP contribution in [0.15, 0.2) is 24.4 Å². The minimum atomic E-state index is 0.225. The van der Waals surface area contributed by atoms with Crippen LogP contribution < -0.4 is 5.32 Å². The van der Waals surface area contributed by atoms with Gasteiger partial charge in [0.2, 0.25) is 5.91 Å². The molecule has 0 radical (unpaired) electrons. The molecule has 1 heterocycles. The highest BCUT2D eigenvalue weighted by atomic mass is 16.1. The van der Waals surface area contributed by atoms with Crippen molar-refractivity contribution in [1.29, 1.82) is 0 Å². The molecule has 0 aliphatic heterocycles. The van der Waals surface area contributed by atoms with Crippen molar-refractivity contribution >= 4 is 16.8 Å². The second kappa shape index (κ2) is 8.28. The van der Waals surface area contributed by atoms with Gasteiger partial charge in [-0.25, -0.2) is 0 Å². The Morgan fingerprint density at radius 1 is 1.18 bits per heavy atom. The van der Waals surface area contributed by atoms with Crippen LogP contribution in [0.1, 0.15) is 69.5 Å². The second-order valence-electron chi connectivity index (χ2n) is 9.16. The summed E-state index contributed by atoms with van der Waals surface area (Å²) in [5.74, 6) is 0.225. The van der Waals surface area contributed by atoms with E-state index in [1.807, 2.05) is 0 Å². The minimum Gasteiger partial charge on any atom is -0.353 e. The Labute approximate surface area is 169 Å². The summed E-state index contributed by atoms with van der Waals surface area (Å²) in [4.78, 5) is 14.8. The maximum Gasteiger partial charge on any atom is 0.221 e. The molecule has 0 bridgehead atoms. The van der Waals surface area contributed by atoms with E-state index in [-0.39, 0.29) is 5.91 Å². The van der Waals surface area contributed by atoms with Gasteiger partial charge < -0.3 is 14.8 Å². The van der Waals surface area contributed by atoms with Crippen molar-refractivity contribution in [2.45, 2.75) is 83.3 Å². The number of hydrogen-bond donors (Lipinski definition) is 1. The third-order valence-corrected chi connectivity index (χ3v) is 6.78. The van der Waals surface area contributed by atoms with Crippen molar-refractivity contribution in [1.82, 2.24) is 14.8 Å². The van der Waals surface area contributed by atoms with E-state index < -0.39 is 0 Å². The molecule has 1 atom stereocenters. The molecule has 28 heavy (non-hydrogen) atoms. The molecule has 2 aromatic rings. The molecular weight excluding hydrogens is 346 g/mol. The first-order chi connectivity index (χ1) is 13.5. The summed E-state index contributed by atoms with van der Waals surface area (Å²) in [5, 5.41) is 4.72. The van der Waals surface area contributed by atoms with Gasteiger partial charge in [0.25, 0.3) is 0 Å². The van der Waals surface area contributed by atoms with Gasteiger partial charge in [-0.2, -0.15) is 0 Å². The van der Waals surface area contributed by atoms with Crippen molar-refractivity contribution in [3.63, 3.8) is 0 Å². The number of nitrogens with one attached hydrogen (secondary N) is 1. The maximum atomic E-state index is 12.4. The van der Waals surface area contributed by atoms with Crippen LogP contribution in [0.2, 0.25) is 0 Å². The van der Waals surface area contributed by atoms with E-state index in [4.69, 9.17) is 0 Å². The zero-order chi connectivity index (χ0) is 19.7. The molecule has 1 aromatic heterocycles. The maximum absolute atomic E-state index is 12.4. The van der Waals surface area contributed by atoms with Gasteiger partial charge in [-0.3, -0.25) is 4.79 Å². The average Bonchev–Trinajstić information content (AvgIpc) is 3.07. The summed E-state index contributed by atoms with van der Waals surface area (Å²) in [7, 11) is 2.18. The Kier molecular flexibility index (Phi) is 5.77. The fourth-order valence-electron chi connectivity index (χ4n) is 5.13. The first-order valence-corrected chi connectivity index (χ1v) is 11.1. The molecule has 2 aliphatic rings. The lowest BCUT2D eigenvalue weighted by Gasteiger charge is -2.31. The number of hydrogen-bond acceptors (Lipinski definition) is 2. The van der Waals surface area contributed by atoms with E-state index in [2.05, 4.69) is 60.1 Å². The highest BCUT2D eigenvalue weighted by Crippen LogP contribution is 2.34. The molecule has 0 unspecified atom stereocenters. The Morgan fingerprint density at radius 2 is 1.93 bits per heavy atom. The zero-order valence-electron chi connectivity index (χ0n) is 17.7. The summed E-state index contributed by atoms with van der Waals surface area (Å²) < 4.78 is 2.41. The number of aromatic nitrogens is 1. The molecule has 1 saturated carbocycles. The number of amides is 1. The van der Waals surface area contributed by atoms with Gasteiger partial charge in [0.1, 0.15) is 0 Å². The summed E-state index contributed by atoms with van der Waals surface area (Å²) in [6.45, 7) is 5.34. The smallest absolute Gasteiger partial charge is 0.221 e. The van der Waals surface area contributed by atoms with Crippen molar-refractivity contribution in [3.8, 4) is 0 Å². The van der Waals surface area contributed by atoms with E-state index in [0.29, 0.717) is 24.5 Å². The molecule has 1 fully saturated rings. The van der Waals surface area contributed by atoms with Crippen LogP contribution in [0.4, 0.5) is 0 Å². The molecular formula is C24H35N3O. The molecule has 0 saturated heterocycles. The third-order valence-electron chi connectivity index (χ3n) is 6.78. The van der Waals surface area contributed by atoms with Crippen LogP contribution >= 0.6 is 0 Å². The topological polar surface area (TPSA) is 37.3 Å². The molecule has 152 valence electrons. The van der Waals surface area contributed by atoms with Crippen molar-refractivity contribution in [3.05, 3.63) is 35.5 Å². The molecule has 2 aliphatic carbocycles. The van der Waals surface area contributed by atoms with Crippen LogP contribution in [0.3, 0.4) is 0 Å². The van der Waals surface area contributed by atoms with Gasteiger partial charge in [-0.1, -0.05) is 31.4 Å². The molecule has 1 amide bonds. The number of nitrogens with zero attached hydrogens (tertiary/aromatic N) is 2. The Balaban J connectivity index is 1.38. The largest absolute Gasteiger partial charge is 0.353 e. The Bertz CT molecular complexity index is 832. The second-order valence-corrected chi connectivity index (χ2v) is 9.16. The SMILES string of the molecule is CC(C)n1cc2c3c(cccc31)C[C@H](N(C)CCC(=O)NC1CCCCC1)C2. The molecule has 1 aromatic carbocycles. The fourth-order valence-corrected chi connectivity index (χ4v) is 5.13. The van der Waals surface area contributed by atoms with Crippen LogP contribution in [0.25, 0.3) is 10.9 Å². The zero-order valence-corrected chi connectivity index (χ0v) is 17.7. The normalized spacial score (nSPS) is 20.2. The number of rotatable bonds is 6. The van der Waals surface area contributed by atoms with Crippen LogP contribution in [-0.2, 0) is 17.6 Å². The lowest BCUT2D eigenvalue weighted by atomic mass is 9.88. The van der Waals surface area contributed by atoms with Gasteiger partial charge >= 0.3 is 0 Å². The fraction of sp³-hybridized carbons (Fsp3) is 0.625. The van der Waals surface area contributed by atoms with E-state index in [1.165, 1.54) is 41.3 Å². The summed E-state index contributed by atoms with van der Waals surface area (Å²) in [5.41, 5.74) is 4.30. The lowest BCUT2D eigenvalue weighted by Crippen LogP contribution is -2.41. The quantitative estimate of drug-likeness (QED) is 0.802. The number of likely N-dealkylation sites (N-methyl/N-ethyl adjacent to an activating group) is 1. The van der Waals surface area contributed by atoms with Crippen molar-refractivity contribution in [2.75, 3.05) is 13.6 Å².